The zero-order chi connectivity index (χ0) is 23.2. The molecule has 3 N–H and O–H groups in total. The van der Waals surface area contributed by atoms with Crippen molar-refractivity contribution in [1.29, 1.82) is 0 Å². The highest BCUT2D eigenvalue weighted by atomic mass is 19.4. The largest absolute Gasteiger partial charge is 0.426 e. The number of aromatic nitrogens is 3. The van der Waals surface area contributed by atoms with Gasteiger partial charge in [-0.2, -0.15) is 26.3 Å². The number of hydrogen-bond acceptors (Lipinski definition) is 7. The summed E-state index contributed by atoms with van der Waals surface area (Å²) in [7, 11) is 1.30. The Morgan fingerprint density at radius 1 is 1.19 bits per heavy atom. The Morgan fingerprint density at radius 3 is 2.48 bits per heavy atom. The van der Waals surface area contributed by atoms with Crippen molar-refractivity contribution in [2.75, 3.05) is 19.3 Å². The summed E-state index contributed by atoms with van der Waals surface area (Å²) < 4.78 is 86.0. The van der Waals surface area contributed by atoms with Gasteiger partial charge in [0.2, 0.25) is 11.5 Å². The minimum atomic E-state index is -5.18. The maximum absolute atomic E-state index is 13.6. The van der Waals surface area contributed by atoms with Crippen LogP contribution in [0.2, 0.25) is 0 Å². The van der Waals surface area contributed by atoms with Gasteiger partial charge in [-0.05, 0) is 25.3 Å². The second kappa shape index (κ2) is 7.66. The van der Waals surface area contributed by atoms with Crippen molar-refractivity contribution in [1.82, 2.24) is 20.1 Å². The number of carbonyl (C=O) groups is 1. The van der Waals surface area contributed by atoms with Gasteiger partial charge < -0.3 is 20.2 Å². The molecule has 1 atom stereocenters. The van der Waals surface area contributed by atoms with E-state index in [9.17, 15) is 36.2 Å². The van der Waals surface area contributed by atoms with Gasteiger partial charge in [0, 0.05) is 13.6 Å². The number of nitrogens with two attached hydrogens (primary N) is 1. The molecule has 8 nitrogen and oxygen atoms in total. The van der Waals surface area contributed by atoms with E-state index in [1.165, 1.54) is 7.05 Å². The summed E-state index contributed by atoms with van der Waals surface area (Å²) >= 11 is 0. The highest BCUT2D eigenvalue weighted by Gasteiger charge is 2.58. The van der Waals surface area contributed by atoms with Crippen LogP contribution in [-0.2, 0) is 23.0 Å². The molecule has 2 aromatic heterocycles. The van der Waals surface area contributed by atoms with Crippen molar-refractivity contribution in [3.05, 3.63) is 23.2 Å². The quantitative estimate of drug-likeness (QED) is 0.589. The number of rotatable bonds is 0. The fraction of sp³-hybridized carbons (Fsp3) is 0.529. The molecule has 14 heteroatoms. The van der Waals surface area contributed by atoms with Crippen molar-refractivity contribution in [2.24, 2.45) is 0 Å². The molecule has 0 aliphatic carbocycles. The predicted octanol–water partition coefficient (Wildman–Crippen LogP) is 2.67. The highest BCUT2D eigenvalue weighted by Crippen LogP contribution is 2.43. The summed E-state index contributed by atoms with van der Waals surface area (Å²) in [6, 6.07) is 0.497. The van der Waals surface area contributed by atoms with Crippen molar-refractivity contribution >= 4 is 11.6 Å². The molecule has 1 aliphatic heterocycles. The molecule has 0 fully saturated rings. The lowest BCUT2D eigenvalue weighted by Gasteiger charge is -2.27. The molecule has 4 bridgehead atoms. The van der Waals surface area contributed by atoms with Gasteiger partial charge in [0.1, 0.15) is 0 Å². The highest BCUT2D eigenvalue weighted by molar-refractivity contribution is 5.79. The third-order valence-corrected chi connectivity index (χ3v) is 4.91. The number of likely N-dealkylation sites (N-methyl/N-ethyl adjacent to an activating group) is 1. The third-order valence-electron chi connectivity index (χ3n) is 4.91. The van der Waals surface area contributed by atoms with Crippen LogP contribution in [0.15, 0.2) is 10.5 Å². The molecule has 0 saturated carbocycles. The normalized spacial score (nSPS) is 21.2. The lowest BCUT2D eigenvalue weighted by atomic mass is 9.95. The average Bonchev–Trinajstić information content (AvgIpc) is 3.13. The summed E-state index contributed by atoms with van der Waals surface area (Å²) in [6.45, 7) is -0.0506. The number of amides is 1. The molecule has 170 valence electrons. The molecule has 1 unspecified atom stereocenters. The second-order valence-corrected chi connectivity index (χ2v) is 7.14. The van der Waals surface area contributed by atoms with Crippen LogP contribution in [0, 0.1) is 0 Å². The molecule has 0 aromatic carbocycles. The SMILES string of the molecule is CN1CCCCC(O)(C(F)(F)F)c2nnc(o2)-c2nc(c(C(F)(F)F)cc2N)CC1=O. The number of fused-ring (bicyclic) bond motifs is 5. The van der Waals surface area contributed by atoms with Crippen LogP contribution in [0.3, 0.4) is 0 Å². The molecule has 31 heavy (non-hydrogen) atoms. The van der Waals surface area contributed by atoms with Gasteiger partial charge in [-0.15, -0.1) is 10.2 Å². The van der Waals surface area contributed by atoms with Crippen molar-refractivity contribution < 1.29 is 40.7 Å². The number of alkyl halides is 6. The Hall–Kier alpha value is -2.90. The molecule has 3 heterocycles. The van der Waals surface area contributed by atoms with E-state index in [0.717, 1.165) is 4.90 Å². The summed E-state index contributed by atoms with van der Waals surface area (Å²) in [4.78, 5) is 17.2. The van der Waals surface area contributed by atoms with E-state index in [2.05, 4.69) is 15.2 Å². The van der Waals surface area contributed by atoms with Crippen LogP contribution in [0.4, 0.5) is 32.0 Å². The molecular weight excluding hydrogens is 436 g/mol. The van der Waals surface area contributed by atoms with Crippen LogP contribution in [0.1, 0.15) is 36.4 Å². The Balaban J connectivity index is 2.21. The number of anilines is 1. The monoisotopic (exact) mass is 453 g/mol. The van der Waals surface area contributed by atoms with Gasteiger partial charge in [-0.25, -0.2) is 4.98 Å². The van der Waals surface area contributed by atoms with Crippen molar-refractivity contribution in [2.45, 2.75) is 43.6 Å². The van der Waals surface area contributed by atoms with Crippen LogP contribution in [0.5, 0.6) is 0 Å². The minimum Gasteiger partial charge on any atom is -0.416 e. The molecule has 2 aromatic rings. The number of halogens is 6. The standard InChI is InChI=1S/C17H17F6N5O3/c1-28-5-3-2-4-15(30,17(21,22)23)14-27-26-13(31-14)12-9(24)6-8(16(18,19)20)10(25-12)7-11(28)29/h6,30H,2-5,7,24H2,1H3. The van der Waals surface area contributed by atoms with Gasteiger partial charge in [0.25, 0.3) is 11.8 Å². The van der Waals surface area contributed by atoms with E-state index >= 15 is 0 Å². The first kappa shape index (κ1) is 22.8. The summed E-state index contributed by atoms with van der Waals surface area (Å²) in [6.07, 6.45) is -11.8. The van der Waals surface area contributed by atoms with Crippen molar-refractivity contribution in [3.8, 4) is 11.6 Å². The average molecular weight is 453 g/mol. The molecule has 0 saturated heterocycles. The number of nitrogens with zero attached hydrogens (tertiary/aromatic N) is 4. The molecule has 1 amide bonds. The molecule has 0 spiro atoms. The summed E-state index contributed by atoms with van der Waals surface area (Å²) in [5, 5.41) is 16.9. The first-order valence-electron chi connectivity index (χ1n) is 8.98. The van der Waals surface area contributed by atoms with Gasteiger partial charge >= 0.3 is 12.4 Å². The van der Waals surface area contributed by atoms with Gasteiger partial charge in [0.05, 0.1) is 23.4 Å². The zero-order valence-corrected chi connectivity index (χ0v) is 16.0. The fourth-order valence-corrected chi connectivity index (χ4v) is 3.11. The van der Waals surface area contributed by atoms with Crippen LogP contribution >= 0.6 is 0 Å². The Morgan fingerprint density at radius 2 is 1.87 bits per heavy atom. The second-order valence-electron chi connectivity index (χ2n) is 7.14. The zero-order valence-electron chi connectivity index (χ0n) is 16.0. The minimum absolute atomic E-state index is 0.0359. The fourth-order valence-electron chi connectivity index (χ4n) is 3.11. The lowest BCUT2D eigenvalue weighted by Crippen LogP contribution is -2.42. The molecule has 0 radical (unpaired) electrons. The van der Waals surface area contributed by atoms with Crippen LogP contribution in [-0.4, -0.2) is 50.9 Å². The molecular formula is C17H17F6N5O3. The number of nitrogen functional groups attached to an aromatic ring is 1. The summed E-state index contributed by atoms with van der Waals surface area (Å²) in [5.74, 6) is -2.63. The number of pyridine rings is 1. The van der Waals surface area contributed by atoms with Gasteiger partial charge in [-0.3, -0.25) is 4.79 Å². The maximum atomic E-state index is 13.6. The number of carbonyl (C=O) groups excluding carboxylic acids is 1. The topological polar surface area (TPSA) is 118 Å². The maximum Gasteiger partial charge on any atom is 0.426 e. The third kappa shape index (κ3) is 4.29. The predicted molar refractivity (Wildman–Crippen MR) is 92.1 cm³/mol. The number of hydrogen-bond donors (Lipinski definition) is 2. The summed E-state index contributed by atoms with van der Waals surface area (Å²) in [5.41, 5.74) is -0.977. The van der Waals surface area contributed by atoms with Crippen LogP contribution in [0.25, 0.3) is 11.6 Å². The first-order valence-corrected chi connectivity index (χ1v) is 8.98. The number of aliphatic hydroxyl groups is 1. The van der Waals surface area contributed by atoms with E-state index in [4.69, 9.17) is 10.2 Å². The van der Waals surface area contributed by atoms with Gasteiger partial charge in [-0.1, -0.05) is 0 Å². The molecule has 3 rings (SSSR count). The van der Waals surface area contributed by atoms with Crippen LogP contribution < -0.4 is 5.73 Å². The van der Waals surface area contributed by atoms with Gasteiger partial charge in [0.15, 0.2) is 5.69 Å². The first-order chi connectivity index (χ1) is 14.2. The Labute approximate surface area is 171 Å². The Bertz CT molecular complexity index is 990. The van der Waals surface area contributed by atoms with E-state index < -0.39 is 71.1 Å². The smallest absolute Gasteiger partial charge is 0.416 e. The van der Waals surface area contributed by atoms with E-state index in [-0.39, 0.29) is 19.4 Å². The molecule has 1 aliphatic rings. The Kier molecular flexibility index (Phi) is 5.63. The van der Waals surface area contributed by atoms with Crippen molar-refractivity contribution in [3.63, 3.8) is 0 Å². The lowest BCUT2D eigenvalue weighted by molar-refractivity contribution is -0.277. The van der Waals surface area contributed by atoms with E-state index in [0.29, 0.717) is 6.07 Å². The van der Waals surface area contributed by atoms with E-state index in [1.54, 1.807) is 0 Å². The van der Waals surface area contributed by atoms with E-state index in [1.807, 2.05) is 0 Å².